The van der Waals surface area contributed by atoms with Gasteiger partial charge in [0.2, 0.25) is 5.82 Å². The van der Waals surface area contributed by atoms with E-state index in [0.717, 1.165) is 6.07 Å². The van der Waals surface area contributed by atoms with Gasteiger partial charge in [-0.25, -0.2) is 8.78 Å². The van der Waals surface area contributed by atoms with Crippen molar-refractivity contribution in [2.45, 2.75) is 50.9 Å². The minimum Gasteiger partial charge on any atom is -0.491 e. The first-order valence-electron chi connectivity index (χ1n) is 11.1. The Hall–Kier alpha value is -2.75. The molecule has 1 aliphatic rings. The van der Waals surface area contributed by atoms with Gasteiger partial charge in [0.1, 0.15) is 12.4 Å². The first-order chi connectivity index (χ1) is 16.6. The van der Waals surface area contributed by atoms with Crippen molar-refractivity contribution in [1.82, 2.24) is 0 Å². The lowest BCUT2D eigenvalue weighted by molar-refractivity contribution is -0.286. The number of alkyl halides is 5. The molecule has 3 rings (SSSR count). The summed E-state index contributed by atoms with van der Waals surface area (Å²) in [5, 5.41) is 0. The molecule has 1 aliphatic carbocycles. The van der Waals surface area contributed by atoms with E-state index in [1.807, 2.05) is 0 Å². The van der Waals surface area contributed by atoms with Crippen LogP contribution in [-0.4, -0.2) is 25.5 Å². The normalized spacial score (nSPS) is 19.2. The average molecular weight is 506 g/mol. The van der Waals surface area contributed by atoms with Gasteiger partial charge in [0.15, 0.2) is 11.6 Å². The second-order valence-electron chi connectivity index (χ2n) is 8.07. The fourth-order valence-corrected chi connectivity index (χ4v) is 3.88. The summed E-state index contributed by atoms with van der Waals surface area (Å²) in [5.74, 6) is -5.19. The predicted octanol–water partition coefficient (Wildman–Crippen LogP) is 7.64. The third-order valence-electron chi connectivity index (χ3n) is 5.66. The zero-order valence-corrected chi connectivity index (χ0v) is 18.9. The quantitative estimate of drug-likeness (QED) is 0.310. The van der Waals surface area contributed by atoms with Crippen LogP contribution in [0.1, 0.15) is 43.7 Å². The first-order valence-corrected chi connectivity index (χ1v) is 11.1. The first kappa shape index (κ1) is 26.8. The van der Waals surface area contributed by atoms with E-state index in [1.54, 1.807) is 0 Å². The molecule has 0 aliphatic heterocycles. The fourth-order valence-electron chi connectivity index (χ4n) is 3.88. The summed E-state index contributed by atoms with van der Waals surface area (Å²) < 4.78 is 113. The van der Waals surface area contributed by atoms with Gasteiger partial charge in [-0.2, -0.15) is 22.0 Å². The largest absolute Gasteiger partial charge is 0.491 e. The van der Waals surface area contributed by atoms with Gasteiger partial charge in [-0.1, -0.05) is 24.3 Å². The Morgan fingerprint density at radius 1 is 0.914 bits per heavy atom. The molecule has 0 heterocycles. The maximum Gasteiger partial charge on any atom is 0.400 e. The molecule has 0 atom stereocenters. The van der Waals surface area contributed by atoms with Crippen molar-refractivity contribution in [3.05, 3.63) is 65.2 Å². The monoisotopic (exact) mass is 506 g/mol. The van der Waals surface area contributed by atoms with E-state index >= 15 is 0 Å². The molecule has 0 N–H and O–H groups in total. The highest BCUT2D eigenvalue weighted by molar-refractivity contribution is 5.50. The van der Waals surface area contributed by atoms with Gasteiger partial charge < -0.3 is 14.2 Å². The van der Waals surface area contributed by atoms with Gasteiger partial charge in [-0.15, -0.1) is 0 Å². The number of hydrogen-bond donors (Lipinski definition) is 0. The molecule has 0 spiro atoms. The van der Waals surface area contributed by atoms with Crippen LogP contribution in [0.25, 0.3) is 6.08 Å². The summed E-state index contributed by atoms with van der Waals surface area (Å²) in [5.41, 5.74) is -0.681. The zero-order chi connectivity index (χ0) is 25.6. The van der Waals surface area contributed by atoms with E-state index in [1.165, 1.54) is 43.3 Å². The van der Waals surface area contributed by atoms with Gasteiger partial charge in [-0.05, 0) is 62.4 Å². The Kier molecular flexibility index (Phi) is 8.69. The molecule has 0 unspecified atom stereocenters. The fraction of sp³-hybridized carbons (Fsp3) is 0.440. The lowest BCUT2D eigenvalue weighted by Gasteiger charge is -2.34. The molecule has 0 aromatic heterocycles. The second kappa shape index (κ2) is 11.3. The van der Waals surface area contributed by atoms with Crippen LogP contribution in [0.15, 0.2) is 42.5 Å². The summed E-state index contributed by atoms with van der Waals surface area (Å²) in [6.07, 6.45) is -6.73. The van der Waals surface area contributed by atoms with Crippen molar-refractivity contribution >= 4 is 6.08 Å². The van der Waals surface area contributed by atoms with Gasteiger partial charge in [0.05, 0.1) is 24.2 Å². The molecule has 1 saturated carbocycles. The molecule has 2 aromatic carbocycles. The van der Waals surface area contributed by atoms with Crippen LogP contribution in [0, 0.1) is 17.6 Å². The van der Waals surface area contributed by atoms with Crippen molar-refractivity contribution in [1.29, 1.82) is 0 Å². The summed E-state index contributed by atoms with van der Waals surface area (Å²) in [6, 6.07) is 7.20. The Balaban J connectivity index is 1.59. The minimum absolute atomic E-state index is 0.0172. The van der Waals surface area contributed by atoms with Crippen LogP contribution in [0.4, 0.5) is 30.7 Å². The van der Waals surface area contributed by atoms with E-state index in [2.05, 4.69) is 0 Å². The molecular formula is C25H25F7O3. The number of allylic oxidation sites excluding steroid dienone is 1. The SMILES string of the molecule is CCOc1ccc(C(F)(F)OC2CCC(C(F)(F)Oc3ccc(C=CCF)cc3)CC2)c(F)c1F. The molecule has 0 bridgehead atoms. The van der Waals surface area contributed by atoms with E-state index in [0.29, 0.717) is 11.6 Å². The number of halogens is 7. The molecular weight excluding hydrogens is 481 g/mol. The Morgan fingerprint density at radius 2 is 1.57 bits per heavy atom. The Bertz CT molecular complexity index is 1000. The average Bonchev–Trinajstić information content (AvgIpc) is 2.81. The molecule has 3 nitrogen and oxygen atoms in total. The summed E-state index contributed by atoms with van der Waals surface area (Å²) in [7, 11) is 0. The van der Waals surface area contributed by atoms with Crippen LogP contribution in [0.2, 0.25) is 0 Å². The standard InChI is InChI=1S/C25H25F7O3/c1-2-33-21-14-13-20(22(27)23(21)28)25(31,32)35-19-11-7-17(8-12-19)24(29,30)34-18-9-5-16(6-10-18)4-3-15-26/h3-6,9-10,13-14,17,19H,2,7-8,11-12,15H2,1H3. The zero-order valence-electron chi connectivity index (χ0n) is 18.9. The topological polar surface area (TPSA) is 27.7 Å². The third-order valence-corrected chi connectivity index (χ3v) is 5.66. The number of hydrogen-bond acceptors (Lipinski definition) is 3. The molecule has 0 amide bonds. The minimum atomic E-state index is -4.16. The Labute approximate surface area is 198 Å². The maximum absolute atomic E-state index is 14.6. The highest BCUT2D eigenvalue weighted by atomic mass is 19.3. The van der Waals surface area contributed by atoms with Crippen LogP contribution >= 0.6 is 0 Å². The second-order valence-corrected chi connectivity index (χ2v) is 8.07. The van der Waals surface area contributed by atoms with Gasteiger partial charge in [0, 0.05) is 0 Å². The van der Waals surface area contributed by atoms with Crippen LogP contribution in [0.3, 0.4) is 0 Å². The van der Waals surface area contributed by atoms with Crippen molar-refractivity contribution in [2.75, 3.05) is 13.3 Å². The molecule has 35 heavy (non-hydrogen) atoms. The number of benzene rings is 2. The highest BCUT2D eigenvalue weighted by Crippen LogP contribution is 2.42. The number of ether oxygens (including phenoxy) is 3. The molecule has 2 aromatic rings. The van der Waals surface area contributed by atoms with Crippen molar-refractivity contribution in [3.8, 4) is 11.5 Å². The van der Waals surface area contributed by atoms with E-state index in [9.17, 15) is 30.7 Å². The lowest BCUT2D eigenvalue weighted by Crippen LogP contribution is -2.39. The lowest BCUT2D eigenvalue weighted by atomic mass is 9.86. The third kappa shape index (κ3) is 6.68. The van der Waals surface area contributed by atoms with Crippen molar-refractivity contribution in [2.24, 2.45) is 5.92 Å². The molecule has 0 radical (unpaired) electrons. The van der Waals surface area contributed by atoms with Crippen molar-refractivity contribution < 1.29 is 44.9 Å². The highest BCUT2D eigenvalue weighted by Gasteiger charge is 2.46. The molecule has 192 valence electrons. The Morgan fingerprint density at radius 3 is 2.17 bits per heavy atom. The van der Waals surface area contributed by atoms with E-state index in [-0.39, 0.29) is 38.0 Å². The maximum atomic E-state index is 14.6. The molecule has 0 saturated heterocycles. The number of rotatable bonds is 10. The van der Waals surface area contributed by atoms with Gasteiger partial charge >= 0.3 is 12.2 Å². The van der Waals surface area contributed by atoms with E-state index < -0.39 is 53.9 Å². The van der Waals surface area contributed by atoms with Crippen molar-refractivity contribution in [3.63, 3.8) is 0 Å². The van der Waals surface area contributed by atoms with Crippen LogP contribution < -0.4 is 9.47 Å². The summed E-state index contributed by atoms with van der Waals surface area (Å²) in [4.78, 5) is 0. The molecule has 1 fully saturated rings. The molecule has 10 heteroatoms. The van der Waals surface area contributed by atoms with Crippen LogP contribution in [0.5, 0.6) is 11.5 Å². The predicted molar refractivity (Wildman–Crippen MR) is 115 cm³/mol. The van der Waals surface area contributed by atoms with Gasteiger partial charge in [-0.3, -0.25) is 0 Å². The van der Waals surface area contributed by atoms with Crippen LogP contribution in [-0.2, 0) is 10.8 Å². The van der Waals surface area contributed by atoms with E-state index in [4.69, 9.17) is 14.2 Å². The summed E-state index contributed by atoms with van der Waals surface area (Å²) in [6.45, 7) is 0.891. The van der Waals surface area contributed by atoms with Gasteiger partial charge in [0.25, 0.3) is 0 Å². The summed E-state index contributed by atoms with van der Waals surface area (Å²) >= 11 is 0. The smallest absolute Gasteiger partial charge is 0.400 e.